The van der Waals surface area contributed by atoms with E-state index >= 15 is 0 Å². The summed E-state index contributed by atoms with van der Waals surface area (Å²) in [4.78, 5) is 5.92. The Balaban J connectivity index is 1.93. The number of nitrogens with zero attached hydrogens (tertiary/aromatic N) is 4. The molecular weight excluding hydrogens is 328 g/mol. The third kappa shape index (κ3) is 5.87. The van der Waals surface area contributed by atoms with Crippen molar-refractivity contribution in [2.75, 3.05) is 18.6 Å². The zero-order chi connectivity index (χ0) is 16.5. The molecule has 0 atom stereocenters. The summed E-state index contributed by atoms with van der Waals surface area (Å²) >= 11 is 3.60. The molecule has 0 aliphatic carbocycles. The Kier molecular flexibility index (Phi) is 7.41. The highest BCUT2D eigenvalue weighted by Gasteiger charge is 2.05. The third-order valence-electron chi connectivity index (χ3n) is 3.39. The van der Waals surface area contributed by atoms with E-state index in [9.17, 15) is 0 Å². The van der Waals surface area contributed by atoms with Crippen LogP contribution in [0.3, 0.4) is 0 Å². The number of nitrogens with one attached hydrogen (secondary N) is 2. The quantitative estimate of drug-likeness (QED) is 0.433. The van der Waals surface area contributed by atoms with Gasteiger partial charge in [-0.1, -0.05) is 6.07 Å². The van der Waals surface area contributed by atoms with E-state index < -0.39 is 0 Å². The maximum Gasteiger partial charge on any atom is 0.192 e. The van der Waals surface area contributed by atoms with E-state index in [1.54, 1.807) is 11.3 Å². The second-order valence-corrected chi connectivity index (χ2v) is 7.11. The van der Waals surface area contributed by atoms with Gasteiger partial charge in [0.15, 0.2) is 11.8 Å². The summed E-state index contributed by atoms with van der Waals surface area (Å²) in [7, 11) is 1.96. The van der Waals surface area contributed by atoms with Crippen LogP contribution in [0.15, 0.2) is 22.5 Å². The van der Waals surface area contributed by atoms with Crippen molar-refractivity contribution in [3.05, 3.63) is 34.0 Å². The van der Waals surface area contributed by atoms with Gasteiger partial charge in [-0.05, 0) is 36.8 Å². The Morgan fingerprint density at radius 2 is 2.26 bits per heavy atom. The van der Waals surface area contributed by atoms with Crippen molar-refractivity contribution in [3.63, 3.8) is 0 Å². The number of hydrogen-bond donors (Lipinski definition) is 2. The first kappa shape index (κ1) is 17.8. The summed E-state index contributed by atoms with van der Waals surface area (Å²) in [5, 5.41) is 17.1. The highest BCUT2D eigenvalue weighted by Crippen LogP contribution is 2.07. The van der Waals surface area contributed by atoms with E-state index in [-0.39, 0.29) is 0 Å². The fraction of sp³-hybridized carbons (Fsp3) is 0.533. The van der Waals surface area contributed by atoms with Crippen LogP contribution in [-0.4, -0.2) is 39.3 Å². The second-order valence-electron chi connectivity index (χ2n) is 5.09. The van der Waals surface area contributed by atoms with Crippen LogP contribution >= 0.6 is 23.1 Å². The molecule has 0 amide bonds. The summed E-state index contributed by atoms with van der Waals surface area (Å²) in [6, 6.07) is 4.18. The summed E-state index contributed by atoms with van der Waals surface area (Å²) in [6.45, 7) is 4.15. The predicted octanol–water partition coefficient (Wildman–Crippen LogP) is 2.17. The van der Waals surface area contributed by atoms with E-state index in [4.69, 9.17) is 0 Å². The average molecular weight is 353 g/mol. The van der Waals surface area contributed by atoms with Crippen LogP contribution in [0, 0.1) is 6.92 Å². The van der Waals surface area contributed by atoms with Gasteiger partial charge >= 0.3 is 0 Å². The maximum atomic E-state index is 4.63. The normalized spacial score (nSPS) is 11.7. The topological polar surface area (TPSA) is 67.1 Å². The van der Waals surface area contributed by atoms with Crippen LogP contribution in [0.2, 0.25) is 0 Å². The van der Waals surface area contributed by atoms with Gasteiger partial charge in [-0.3, -0.25) is 0 Å². The van der Waals surface area contributed by atoms with Crippen molar-refractivity contribution in [1.29, 1.82) is 0 Å². The van der Waals surface area contributed by atoms with Gasteiger partial charge in [-0.15, -0.1) is 21.5 Å². The smallest absolute Gasteiger partial charge is 0.192 e. The zero-order valence-electron chi connectivity index (χ0n) is 13.9. The number of thioether (sulfide) groups is 1. The number of hydrogen-bond acceptors (Lipinski definition) is 5. The lowest BCUT2D eigenvalue weighted by Crippen LogP contribution is -2.37. The van der Waals surface area contributed by atoms with Gasteiger partial charge in [-0.25, -0.2) is 4.99 Å². The molecule has 0 unspecified atom stereocenters. The number of aryl methyl sites for hydroxylation is 1. The molecule has 0 aliphatic rings. The Labute approximate surface area is 145 Å². The van der Waals surface area contributed by atoms with Crippen molar-refractivity contribution < 1.29 is 0 Å². The molecule has 2 rings (SSSR count). The van der Waals surface area contributed by atoms with E-state index in [1.807, 2.05) is 30.3 Å². The number of aromatic nitrogens is 3. The Hall–Kier alpha value is -1.54. The standard InChI is InChI=1S/C15H24N6S2/c1-12-19-20-14(21(12)2)11-18-15(16-7-5-8-22-3)17-10-13-6-4-9-23-13/h4,6,9H,5,7-8,10-11H2,1-3H3,(H2,16,17,18). The molecule has 2 heterocycles. The molecule has 2 N–H and O–H groups in total. The number of aliphatic imine (C=N–C) groups is 1. The molecule has 0 saturated heterocycles. The van der Waals surface area contributed by atoms with Crippen LogP contribution in [-0.2, 0) is 20.1 Å². The summed E-state index contributed by atoms with van der Waals surface area (Å²) in [6.07, 6.45) is 3.24. The van der Waals surface area contributed by atoms with E-state index in [1.165, 1.54) is 4.88 Å². The van der Waals surface area contributed by atoms with Crippen molar-refractivity contribution in [1.82, 2.24) is 25.4 Å². The molecule has 126 valence electrons. The van der Waals surface area contributed by atoms with Crippen molar-refractivity contribution >= 4 is 29.1 Å². The molecule has 6 nitrogen and oxygen atoms in total. The Morgan fingerprint density at radius 1 is 1.39 bits per heavy atom. The first-order valence-electron chi connectivity index (χ1n) is 7.59. The number of rotatable bonds is 8. The van der Waals surface area contributed by atoms with Crippen LogP contribution in [0.1, 0.15) is 22.9 Å². The lowest BCUT2D eigenvalue weighted by Gasteiger charge is -2.12. The van der Waals surface area contributed by atoms with Gasteiger partial charge in [0.05, 0.1) is 6.54 Å². The number of guanidine groups is 1. The molecule has 8 heteroatoms. The highest BCUT2D eigenvalue weighted by molar-refractivity contribution is 7.98. The van der Waals surface area contributed by atoms with Crippen LogP contribution in [0.5, 0.6) is 0 Å². The molecule has 2 aromatic heterocycles. The van der Waals surface area contributed by atoms with Gasteiger partial charge < -0.3 is 15.2 Å². The van der Waals surface area contributed by atoms with Crippen LogP contribution < -0.4 is 10.6 Å². The molecule has 0 saturated carbocycles. The van der Waals surface area contributed by atoms with Crippen molar-refractivity contribution in [3.8, 4) is 0 Å². The van der Waals surface area contributed by atoms with E-state index in [0.29, 0.717) is 6.54 Å². The highest BCUT2D eigenvalue weighted by atomic mass is 32.2. The monoisotopic (exact) mass is 352 g/mol. The molecule has 0 spiro atoms. The van der Waals surface area contributed by atoms with E-state index in [2.05, 4.69) is 49.6 Å². The summed E-state index contributed by atoms with van der Waals surface area (Å²) in [5.74, 6) is 3.73. The van der Waals surface area contributed by atoms with Crippen LogP contribution in [0.4, 0.5) is 0 Å². The lowest BCUT2D eigenvalue weighted by molar-refractivity contribution is 0.747. The van der Waals surface area contributed by atoms with Gasteiger partial charge in [0.2, 0.25) is 0 Å². The van der Waals surface area contributed by atoms with E-state index in [0.717, 1.165) is 42.9 Å². The first-order chi connectivity index (χ1) is 11.2. The molecule has 0 radical (unpaired) electrons. The number of thiophene rings is 1. The fourth-order valence-corrected chi connectivity index (χ4v) is 3.00. The lowest BCUT2D eigenvalue weighted by atomic mass is 10.4. The molecule has 0 fully saturated rings. The van der Waals surface area contributed by atoms with Crippen molar-refractivity contribution in [2.45, 2.75) is 26.4 Å². The zero-order valence-corrected chi connectivity index (χ0v) is 15.5. The minimum absolute atomic E-state index is 0.514. The summed E-state index contributed by atoms with van der Waals surface area (Å²) < 4.78 is 1.97. The first-order valence-corrected chi connectivity index (χ1v) is 9.86. The third-order valence-corrected chi connectivity index (χ3v) is 4.96. The van der Waals surface area contributed by atoms with Gasteiger partial charge in [0.1, 0.15) is 12.4 Å². The minimum Gasteiger partial charge on any atom is -0.356 e. The molecule has 0 bridgehead atoms. The molecule has 23 heavy (non-hydrogen) atoms. The van der Waals surface area contributed by atoms with Crippen LogP contribution in [0.25, 0.3) is 0 Å². The maximum absolute atomic E-state index is 4.63. The van der Waals surface area contributed by atoms with Gasteiger partial charge in [0, 0.05) is 18.5 Å². The molecule has 0 aromatic carbocycles. The van der Waals surface area contributed by atoms with Gasteiger partial charge in [-0.2, -0.15) is 11.8 Å². The average Bonchev–Trinajstić information content (AvgIpc) is 3.18. The molecule has 2 aromatic rings. The molecule has 0 aliphatic heterocycles. The van der Waals surface area contributed by atoms with Gasteiger partial charge in [0.25, 0.3) is 0 Å². The molecular formula is C15H24N6S2. The second kappa shape index (κ2) is 9.57. The Bertz CT molecular complexity index is 606. The largest absolute Gasteiger partial charge is 0.356 e. The SMILES string of the molecule is CSCCCNC(=NCc1nnc(C)n1C)NCc1cccs1. The van der Waals surface area contributed by atoms with Crippen molar-refractivity contribution in [2.24, 2.45) is 12.0 Å². The fourth-order valence-electron chi connectivity index (χ4n) is 1.92. The summed E-state index contributed by atoms with van der Waals surface area (Å²) in [5.41, 5.74) is 0. The Morgan fingerprint density at radius 3 is 2.91 bits per heavy atom. The minimum atomic E-state index is 0.514. The predicted molar refractivity (Wildman–Crippen MR) is 99.0 cm³/mol.